The summed E-state index contributed by atoms with van der Waals surface area (Å²) >= 11 is 0. The maximum atomic E-state index is 4.56. The van der Waals surface area contributed by atoms with Crippen LogP contribution in [0.1, 0.15) is 12.5 Å². The van der Waals surface area contributed by atoms with E-state index in [1.54, 1.807) is 11.2 Å². The molecule has 1 aliphatic heterocycles. The van der Waals surface area contributed by atoms with E-state index in [2.05, 4.69) is 51.2 Å². The fourth-order valence-electron chi connectivity index (χ4n) is 3.39. The molecular weight excluding hydrogens is 300 g/mol. The maximum absolute atomic E-state index is 4.56. The number of aromatic nitrogens is 4. The van der Waals surface area contributed by atoms with Crippen molar-refractivity contribution >= 4 is 16.9 Å². The SMILES string of the molecule is CC[NH+]1CCN(c2ncnc3c2cnn3Cc2ccccc2)CC1. The number of hydrogen-bond donors (Lipinski definition) is 1. The fraction of sp³-hybridized carbons (Fsp3) is 0.389. The van der Waals surface area contributed by atoms with Crippen LogP contribution in [-0.4, -0.2) is 52.5 Å². The number of nitrogens with zero attached hydrogens (tertiary/aromatic N) is 5. The molecule has 0 aliphatic carbocycles. The van der Waals surface area contributed by atoms with Crippen molar-refractivity contribution in [2.45, 2.75) is 13.5 Å². The van der Waals surface area contributed by atoms with Gasteiger partial charge in [0.05, 0.1) is 50.9 Å². The van der Waals surface area contributed by atoms with Gasteiger partial charge in [-0.05, 0) is 12.5 Å². The van der Waals surface area contributed by atoms with Crippen molar-refractivity contribution in [2.75, 3.05) is 37.6 Å². The highest BCUT2D eigenvalue weighted by atomic mass is 15.3. The lowest BCUT2D eigenvalue weighted by atomic mass is 10.2. The number of likely N-dealkylation sites (N-methyl/N-ethyl adjacent to an activating group) is 1. The van der Waals surface area contributed by atoms with E-state index in [4.69, 9.17) is 0 Å². The third kappa shape index (κ3) is 2.85. The zero-order chi connectivity index (χ0) is 16.4. The Hall–Kier alpha value is -2.47. The van der Waals surface area contributed by atoms with E-state index in [0.717, 1.165) is 36.5 Å². The van der Waals surface area contributed by atoms with Crippen LogP contribution in [0.2, 0.25) is 0 Å². The second-order valence-corrected chi connectivity index (χ2v) is 6.31. The summed E-state index contributed by atoms with van der Waals surface area (Å²) in [6.45, 7) is 8.59. The van der Waals surface area contributed by atoms with Gasteiger partial charge in [0, 0.05) is 0 Å². The summed E-state index contributed by atoms with van der Waals surface area (Å²) < 4.78 is 1.96. The standard InChI is InChI=1S/C18H22N6/c1-2-22-8-10-23(11-9-22)17-16-12-21-24(18(16)20-14-19-17)13-15-6-4-3-5-7-15/h3-7,12,14H,2,8-11,13H2,1H3/p+1. The lowest BCUT2D eigenvalue weighted by Crippen LogP contribution is -3.14. The fourth-order valence-corrected chi connectivity index (χ4v) is 3.39. The molecule has 1 N–H and O–H groups in total. The number of fused-ring (bicyclic) bond motifs is 1. The quantitative estimate of drug-likeness (QED) is 0.764. The van der Waals surface area contributed by atoms with Crippen LogP contribution in [0.25, 0.3) is 11.0 Å². The van der Waals surface area contributed by atoms with Crippen LogP contribution in [-0.2, 0) is 6.54 Å². The maximum Gasteiger partial charge on any atom is 0.163 e. The van der Waals surface area contributed by atoms with Crippen LogP contribution in [0.5, 0.6) is 0 Å². The molecule has 0 saturated carbocycles. The van der Waals surface area contributed by atoms with Gasteiger partial charge in [0.15, 0.2) is 5.65 Å². The Bertz CT molecular complexity index is 805. The molecule has 3 aromatic rings. The third-order valence-corrected chi connectivity index (χ3v) is 4.86. The molecule has 1 fully saturated rings. The number of rotatable bonds is 4. The van der Waals surface area contributed by atoms with E-state index in [0.29, 0.717) is 0 Å². The molecule has 6 nitrogen and oxygen atoms in total. The molecule has 2 aromatic heterocycles. The van der Waals surface area contributed by atoms with Crippen molar-refractivity contribution in [3.63, 3.8) is 0 Å². The van der Waals surface area contributed by atoms with E-state index in [1.807, 2.05) is 16.9 Å². The molecule has 0 unspecified atom stereocenters. The van der Waals surface area contributed by atoms with Crippen molar-refractivity contribution in [3.8, 4) is 0 Å². The summed E-state index contributed by atoms with van der Waals surface area (Å²) in [7, 11) is 0. The molecule has 0 spiro atoms. The largest absolute Gasteiger partial charge is 0.345 e. The van der Waals surface area contributed by atoms with Gasteiger partial charge < -0.3 is 9.80 Å². The van der Waals surface area contributed by atoms with Crippen LogP contribution in [0.4, 0.5) is 5.82 Å². The number of quaternary nitrogens is 1. The number of hydrogen-bond acceptors (Lipinski definition) is 4. The monoisotopic (exact) mass is 323 g/mol. The predicted octanol–water partition coefficient (Wildman–Crippen LogP) is 0.599. The first-order valence-electron chi connectivity index (χ1n) is 8.64. The van der Waals surface area contributed by atoms with E-state index in [-0.39, 0.29) is 0 Å². The van der Waals surface area contributed by atoms with Gasteiger partial charge in [-0.3, -0.25) is 0 Å². The zero-order valence-electron chi connectivity index (χ0n) is 14.0. The zero-order valence-corrected chi connectivity index (χ0v) is 14.0. The first-order valence-corrected chi connectivity index (χ1v) is 8.64. The minimum Gasteiger partial charge on any atom is -0.345 e. The van der Waals surface area contributed by atoms with Gasteiger partial charge in [-0.2, -0.15) is 5.10 Å². The van der Waals surface area contributed by atoms with Crippen LogP contribution in [0.15, 0.2) is 42.9 Å². The highest BCUT2D eigenvalue weighted by molar-refractivity contribution is 5.86. The highest BCUT2D eigenvalue weighted by Gasteiger charge is 2.22. The summed E-state index contributed by atoms with van der Waals surface area (Å²) in [6.07, 6.45) is 3.58. The Kier molecular flexibility index (Phi) is 4.13. The number of benzene rings is 1. The molecule has 4 rings (SSSR count). The molecule has 0 bridgehead atoms. The first kappa shape index (κ1) is 15.1. The molecule has 3 heterocycles. The average Bonchev–Trinajstić information content (AvgIpc) is 3.06. The predicted molar refractivity (Wildman–Crippen MR) is 94.3 cm³/mol. The lowest BCUT2D eigenvalue weighted by Gasteiger charge is -2.32. The van der Waals surface area contributed by atoms with Crippen LogP contribution in [0, 0.1) is 0 Å². The number of anilines is 1. The van der Waals surface area contributed by atoms with Crippen molar-refractivity contribution in [2.24, 2.45) is 0 Å². The average molecular weight is 323 g/mol. The summed E-state index contributed by atoms with van der Waals surface area (Å²) in [5.74, 6) is 1.02. The molecule has 6 heteroatoms. The molecule has 24 heavy (non-hydrogen) atoms. The van der Waals surface area contributed by atoms with Crippen molar-refractivity contribution in [3.05, 3.63) is 48.4 Å². The minimum absolute atomic E-state index is 0.731. The first-order chi connectivity index (χ1) is 11.8. The van der Waals surface area contributed by atoms with E-state index in [9.17, 15) is 0 Å². The summed E-state index contributed by atoms with van der Waals surface area (Å²) in [5.41, 5.74) is 2.14. The Morgan fingerprint density at radius 2 is 1.88 bits per heavy atom. The van der Waals surface area contributed by atoms with Gasteiger partial charge in [0.1, 0.15) is 12.1 Å². The van der Waals surface area contributed by atoms with Crippen LogP contribution >= 0.6 is 0 Å². The summed E-state index contributed by atoms with van der Waals surface area (Å²) in [6, 6.07) is 10.4. The Balaban J connectivity index is 1.62. The second-order valence-electron chi connectivity index (χ2n) is 6.31. The Morgan fingerprint density at radius 3 is 2.62 bits per heavy atom. The summed E-state index contributed by atoms with van der Waals surface area (Å²) in [5, 5.41) is 5.61. The van der Waals surface area contributed by atoms with Crippen LogP contribution < -0.4 is 9.80 Å². The Morgan fingerprint density at radius 1 is 1.08 bits per heavy atom. The van der Waals surface area contributed by atoms with Crippen molar-refractivity contribution in [1.82, 2.24) is 19.7 Å². The van der Waals surface area contributed by atoms with E-state index < -0.39 is 0 Å². The van der Waals surface area contributed by atoms with Gasteiger partial charge in [-0.1, -0.05) is 30.3 Å². The minimum atomic E-state index is 0.731. The number of nitrogens with one attached hydrogen (secondary N) is 1. The smallest absolute Gasteiger partial charge is 0.163 e. The van der Waals surface area contributed by atoms with E-state index in [1.165, 1.54) is 25.2 Å². The van der Waals surface area contributed by atoms with Gasteiger partial charge in [-0.15, -0.1) is 0 Å². The summed E-state index contributed by atoms with van der Waals surface area (Å²) in [4.78, 5) is 13.1. The molecule has 0 atom stereocenters. The lowest BCUT2D eigenvalue weighted by molar-refractivity contribution is -0.898. The Labute approximate surface area is 141 Å². The van der Waals surface area contributed by atoms with Gasteiger partial charge in [0.2, 0.25) is 0 Å². The number of piperazine rings is 1. The van der Waals surface area contributed by atoms with E-state index >= 15 is 0 Å². The van der Waals surface area contributed by atoms with Gasteiger partial charge in [0.25, 0.3) is 0 Å². The second kappa shape index (κ2) is 6.57. The molecule has 1 aromatic carbocycles. The molecule has 1 aliphatic rings. The molecule has 124 valence electrons. The molecule has 0 amide bonds. The molecule has 1 saturated heterocycles. The molecular formula is C18H23N6+. The highest BCUT2D eigenvalue weighted by Crippen LogP contribution is 2.23. The topological polar surface area (TPSA) is 51.3 Å². The van der Waals surface area contributed by atoms with Crippen molar-refractivity contribution < 1.29 is 4.90 Å². The van der Waals surface area contributed by atoms with Gasteiger partial charge in [-0.25, -0.2) is 14.6 Å². The van der Waals surface area contributed by atoms with Gasteiger partial charge >= 0.3 is 0 Å². The third-order valence-electron chi connectivity index (χ3n) is 4.86. The van der Waals surface area contributed by atoms with Crippen molar-refractivity contribution in [1.29, 1.82) is 0 Å². The van der Waals surface area contributed by atoms with Crippen LogP contribution in [0.3, 0.4) is 0 Å². The normalized spacial score (nSPS) is 16.0. The molecule has 0 radical (unpaired) electrons.